The number of hydrogen-bond acceptors (Lipinski definition) is 5. The lowest BCUT2D eigenvalue weighted by Gasteiger charge is -2.15. The molecular weight excluding hydrogens is 447 g/mol. The van der Waals surface area contributed by atoms with Gasteiger partial charge in [-0.05, 0) is 53.9 Å². The molecule has 0 aliphatic carbocycles. The first-order valence-corrected chi connectivity index (χ1v) is 10.9. The van der Waals surface area contributed by atoms with Crippen molar-refractivity contribution in [3.63, 3.8) is 0 Å². The summed E-state index contributed by atoms with van der Waals surface area (Å²) in [7, 11) is 0. The van der Waals surface area contributed by atoms with Crippen molar-refractivity contribution in [3.05, 3.63) is 117 Å². The van der Waals surface area contributed by atoms with Crippen molar-refractivity contribution in [1.29, 1.82) is 5.41 Å². The van der Waals surface area contributed by atoms with Gasteiger partial charge >= 0.3 is 0 Å². The first kappa shape index (κ1) is 22.1. The van der Waals surface area contributed by atoms with Gasteiger partial charge in [-0.25, -0.2) is 9.37 Å². The molecule has 2 N–H and O–H groups in total. The summed E-state index contributed by atoms with van der Waals surface area (Å²) in [6, 6.07) is 14.5. The first-order valence-electron chi connectivity index (χ1n) is 10.9. The van der Waals surface area contributed by atoms with Crippen molar-refractivity contribution in [2.75, 3.05) is 0 Å². The second kappa shape index (κ2) is 8.94. The number of halogens is 1. The van der Waals surface area contributed by atoms with E-state index in [4.69, 9.17) is 10.4 Å². The maximum absolute atomic E-state index is 13.5. The predicted molar refractivity (Wildman–Crippen MR) is 128 cm³/mol. The number of carbonyl (C=O) groups excluding carboxylic acids is 1. The third kappa shape index (κ3) is 4.19. The van der Waals surface area contributed by atoms with Gasteiger partial charge in [0.15, 0.2) is 0 Å². The van der Waals surface area contributed by atoms with Crippen LogP contribution in [0.3, 0.4) is 0 Å². The zero-order valence-corrected chi connectivity index (χ0v) is 18.8. The van der Waals surface area contributed by atoms with E-state index < -0.39 is 5.91 Å². The third-order valence-corrected chi connectivity index (χ3v) is 5.81. The Morgan fingerprint density at radius 3 is 2.63 bits per heavy atom. The van der Waals surface area contributed by atoms with Gasteiger partial charge in [0.25, 0.3) is 11.5 Å². The van der Waals surface area contributed by atoms with Crippen molar-refractivity contribution in [2.45, 2.75) is 20.0 Å². The normalized spacial score (nSPS) is 11.1. The molecule has 4 heterocycles. The summed E-state index contributed by atoms with van der Waals surface area (Å²) in [6.07, 6.45) is 4.90. The number of carbonyl (C=O) groups is 1. The molecule has 4 aromatic heterocycles. The first-order chi connectivity index (χ1) is 16.9. The molecule has 0 spiro atoms. The van der Waals surface area contributed by atoms with E-state index in [0.29, 0.717) is 11.2 Å². The molecule has 0 atom stereocenters. The van der Waals surface area contributed by atoms with Crippen LogP contribution in [0.4, 0.5) is 4.39 Å². The van der Waals surface area contributed by atoms with Crippen molar-refractivity contribution < 1.29 is 9.18 Å². The summed E-state index contributed by atoms with van der Waals surface area (Å²) in [4.78, 5) is 35.3. The van der Waals surface area contributed by atoms with Crippen LogP contribution in [0, 0.1) is 18.2 Å². The number of rotatable bonds is 5. The van der Waals surface area contributed by atoms with Gasteiger partial charge in [-0.1, -0.05) is 24.3 Å². The Bertz CT molecular complexity index is 1690. The van der Waals surface area contributed by atoms with Crippen LogP contribution in [-0.2, 0) is 13.1 Å². The lowest BCUT2D eigenvalue weighted by Crippen LogP contribution is -2.35. The van der Waals surface area contributed by atoms with E-state index in [2.05, 4.69) is 10.3 Å². The highest BCUT2D eigenvalue weighted by Gasteiger charge is 2.18. The number of nitrogens with zero attached hydrogens (tertiary/aromatic N) is 4. The summed E-state index contributed by atoms with van der Waals surface area (Å²) in [5.74, 6) is -0.876. The Morgan fingerprint density at radius 1 is 1.09 bits per heavy atom. The number of pyridine rings is 3. The van der Waals surface area contributed by atoms with Crippen LogP contribution in [0.15, 0.2) is 78.0 Å². The summed E-state index contributed by atoms with van der Waals surface area (Å²) >= 11 is 0. The molecule has 1 aromatic carbocycles. The van der Waals surface area contributed by atoms with Crippen molar-refractivity contribution >= 4 is 22.6 Å². The fourth-order valence-corrected chi connectivity index (χ4v) is 3.98. The molecule has 0 unspecified atom stereocenters. The van der Waals surface area contributed by atoms with Crippen molar-refractivity contribution in [3.8, 4) is 0 Å². The van der Waals surface area contributed by atoms with Crippen LogP contribution >= 0.6 is 0 Å². The van der Waals surface area contributed by atoms with Gasteiger partial charge < -0.3 is 9.88 Å². The van der Waals surface area contributed by atoms with Crippen LogP contribution in [-0.4, -0.2) is 24.8 Å². The zero-order valence-electron chi connectivity index (χ0n) is 18.8. The lowest BCUT2D eigenvalue weighted by atomic mass is 10.1. The van der Waals surface area contributed by atoms with E-state index >= 15 is 0 Å². The Balaban J connectivity index is 1.69. The van der Waals surface area contributed by atoms with E-state index in [0.717, 1.165) is 11.1 Å². The lowest BCUT2D eigenvalue weighted by molar-refractivity contribution is 0.0948. The quantitative estimate of drug-likeness (QED) is 0.387. The van der Waals surface area contributed by atoms with Gasteiger partial charge in [-0.2, -0.15) is 0 Å². The highest BCUT2D eigenvalue weighted by Crippen LogP contribution is 2.15. The highest BCUT2D eigenvalue weighted by atomic mass is 19.1. The molecule has 0 aliphatic rings. The maximum Gasteiger partial charge on any atom is 0.267 e. The number of benzene rings is 1. The number of aryl methyl sites for hydroxylation is 1. The van der Waals surface area contributed by atoms with E-state index in [-0.39, 0.29) is 46.6 Å². The summed E-state index contributed by atoms with van der Waals surface area (Å²) < 4.78 is 16.4. The Morgan fingerprint density at radius 2 is 1.89 bits per heavy atom. The largest absolute Gasteiger partial charge is 0.348 e. The summed E-state index contributed by atoms with van der Waals surface area (Å²) in [5.41, 5.74) is 2.63. The van der Waals surface area contributed by atoms with E-state index in [1.807, 2.05) is 19.1 Å². The van der Waals surface area contributed by atoms with Crippen LogP contribution in [0.25, 0.3) is 16.7 Å². The third-order valence-electron chi connectivity index (χ3n) is 5.81. The molecule has 0 saturated heterocycles. The molecule has 5 rings (SSSR count). The molecular formula is C26H21FN6O2. The molecule has 0 fully saturated rings. The molecule has 0 aliphatic heterocycles. The molecule has 0 bridgehead atoms. The SMILES string of the molecule is Cc1cccn2c(=O)c3cc(C(=O)NCc4cccnc4)c(=N)n(Cc4ccc(F)cc4)c3nc12. The second-order valence-corrected chi connectivity index (χ2v) is 8.20. The second-order valence-electron chi connectivity index (χ2n) is 8.20. The van der Waals surface area contributed by atoms with E-state index in [9.17, 15) is 14.0 Å². The zero-order chi connectivity index (χ0) is 24.5. The van der Waals surface area contributed by atoms with Crippen LogP contribution in [0.1, 0.15) is 27.0 Å². The summed E-state index contributed by atoms with van der Waals surface area (Å²) in [6.45, 7) is 2.20. The fourth-order valence-electron chi connectivity index (χ4n) is 3.98. The Kier molecular flexibility index (Phi) is 5.66. The number of aromatic nitrogens is 4. The number of hydrogen-bond donors (Lipinski definition) is 2. The van der Waals surface area contributed by atoms with Crippen molar-refractivity contribution in [2.24, 2.45) is 0 Å². The van der Waals surface area contributed by atoms with Gasteiger partial charge in [0.1, 0.15) is 22.6 Å². The van der Waals surface area contributed by atoms with Gasteiger partial charge in [-0.15, -0.1) is 0 Å². The molecule has 0 saturated carbocycles. The number of amides is 1. The number of fused-ring (bicyclic) bond motifs is 2. The highest BCUT2D eigenvalue weighted by molar-refractivity contribution is 5.96. The molecule has 35 heavy (non-hydrogen) atoms. The molecule has 174 valence electrons. The molecule has 8 nitrogen and oxygen atoms in total. The average Bonchev–Trinajstić information content (AvgIpc) is 2.87. The molecule has 5 aromatic rings. The van der Waals surface area contributed by atoms with E-state index in [1.54, 1.807) is 42.9 Å². The van der Waals surface area contributed by atoms with Crippen LogP contribution in [0.2, 0.25) is 0 Å². The molecule has 9 heteroatoms. The van der Waals surface area contributed by atoms with Gasteiger partial charge in [0.05, 0.1) is 17.5 Å². The van der Waals surface area contributed by atoms with Crippen LogP contribution in [0.5, 0.6) is 0 Å². The Hall–Kier alpha value is -4.66. The maximum atomic E-state index is 13.5. The van der Waals surface area contributed by atoms with Crippen LogP contribution < -0.4 is 16.4 Å². The van der Waals surface area contributed by atoms with Gasteiger partial charge in [0.2, 0.25) is 0 Å². The smallest absolute Gasteiger partial charge is 0.267 e. The molecule has 0 radical (unpaired) electrons. The van der Waals surface area contributed by atoms with Gasteiger partial charge in [-0.3, -0.25) is 24.4 Å². The Labute approximate surface area is 198 Å². The topological polar surface area (TPSA) is 105 Å². The minimum atomic E-state index is -0.498. The fraction of sp³-hybridized carbons (Fsp3) is 0.115. The minimum Gasteiger partial charge on any atom is -0.348 e. The average molecular weight is 468 g/mol. The molecule has 1 amide bonds. The van der Waals surface area contributed by atoms with E-state index in [1.165, 1.54) is 27.2 Å². The monoisotopic (exact) mass is 468 g/mol. The summed E-state index contributed by atoms with van der Waals surface area (Å²) in [5, 5.41) is 11.8. The standard InChI is InChI=1S/C26H21FN6O2/c1-16-4-3-11-32-23(16)31-24-21(26(32)35)12-20(25(34)30-14-18-5-2-10-29-13-18)22(28)33(24)15-17-6-8-19(27)9-7-17/h2-13,28H,14-15H2,1H3,(H,30,34). The predicted octanol–water partition coefficient (Wildman–Crippen LogP) is 2.95. The van der Waals surface area contributed by atoms with Crippen molar-refractivity contribution in [1.82, 2.24) is 24.3 Å². The number of nitrogens with one attached hydrogen (secondary N) is 2. The van der Waals surface area contributed by atoms with Gasteiger partial charge in [0, 0.05) is 25.1 Å². The minimum absolute atomic E-state index is 0.0370.